The van der Waals surface area contributed by atoms with Crippen LogP contribution in [-0.2, 0) is 28.3 Å². The Morgan fingerprint density at radius 1 is 0.833 bits per heavy atom. The normalized spacial score (nSPS) is 11.6. The molecule has 1 unspecified atom stereocenters. The van der Waals surface area contributed by atoms with Gasteiger partial charge in [-0.05, 0) is 35.2 Å². The molecule has 5 rings (SSSR count). The molecule has 212 valence electrons. The van der Waals surface area contributed by atoms with E-state index in [1.807, 2.05) is 95.6 Å². The van der Waals surface area contributed by atoms with Crippen molar-refractivity contribution in [3.05, 3.63) is 148 Å². The maximum absolute atomic E-state index is 13.1. The molecule has 0 aliphatic heterocycles. The second-order valence-electron chi connectivity index (χ2n) is 9.51. The summed E-state index contributed by atoms with van der Waals surface area (Å²) in [5.41, 5.74) is 3.74. The topological polar surface area (TPSA) is 112 Å². The van der Waals surface area contributed by atoms with Gasteiger partial charge < -0.3 is 10.1 Å². The largest absolute Gasteiger partial charge is 0.367 e. The fraction of sp³-hybridized carbons (Fsp3) is 0.156. The van der Waals surface area contributed by atoms with Crippen LogP contribution in [0.1, 0.15) is 28.6 Å². The lowest BCUT2D eigenvalue weighted by molar-refractivity contribution is -0.384. The molecule has 0 saturated heterocycles. The van der Waals surface area contributed by atoms with Gasteiger partial charge in [0.05, 0.1) is 17.6 Å². The Morgan fingerprint density at radius 3 is 2.05 bits per heavy atom. The molecule has 0 saturated carbocycles. The van der Waals surface area contributed by atoms with E-state index in [0.29, 0.717) is 35.4 Å². The minimum Gasteiger partial charge on any atom is -0.367 e. The number of benzene rings is 4. The summed E-state index contributed by atoms with van der Waals surface area (Å²) in [6.45, 7) is 0.193. The van der Waals surface area contributed by atoms with Gasteiger partial charge in [-0.15, -0.1) is 10.2 Å². The van der Waals surface area contributed by atoms with E-state index in [2.05, 4.69) is 15.5 Å². The SMILES string of the molecule is O=C(COCc1ccccc1)NC(Cc1ccccc1)c1nnc(SCc2ccccc2)n1-c1ccc([N+](=O)[O-])cc1. The number of hydrogen-bond donors (Lipinski definition) is 1. The van der Waals surface area contributed by atoms with E-state index < -0.39 is 11.0 Å². The van der Waals surface area contributed by atoms with Crippen molar-refractivity contribution in [1.82, 2.24) is 20.1 Å². The van der Waals surface area contributed by atoms with Crippen molar-refractivity contribution in [1.29, 1.82) is 0 Å². The lowest BCUT2D eigenvalue weighted by Crippen LogP contribution is -2.34. The van der Waals surface area contributed by atoms with Gasteiger partial charge in [-0.25, -0.2) is 0 Å². The molecule has 0 radical (unpaired) electrons. The molecule has 1 N–H and O–H groups in total. The zero-order chi connectivity index (χ0) is 29.1. The van der Waals surface area contributed by atoms with Crippen LogP contribution in [0.4, 0.5) is 5.69 Å². The number of nitrogens with one attached hydrogen (secondary N) is 1. The van der Waals surface area contributed by atoms with Gasteiger partial charge in [-0.1, -0.05) is 103 Å². The molecule has 1 heterocycles. The number of nitrogens with zero attached hydrogens (tertiary/aromatic N) is 4. The molecule has 1 atom stereocenters. The van der Waals surface area contributed by atoms with Crippen LogP contribution in [0.3, 0.4) is 0 Å². The van der Waals surface area contributed by atoms with Crippen molar-refractivity contribution in [2.45, 2.75) is 30.0 Å². The minimum absolute atomic E-state index is 0.0171. The predicted molar refractivity (Wildman–Crippen MR) is 161 cm³/mol. The van der Waals surface area contributed by atoms with Crippen LogP contribution < -0.4 is 5.32 Å². The maximum atomic E-state index is 13.1. The molecule has 0 spiro atoms. The molecule has 42 heavy (non-hydrogen) atoms. The monoisotopic (exact) mass is 579 g/mol. The molecule has 9 nitrogen and oxygen atoms in total. The molecule has 0 aliphatic carbocycles. The number of amides is 1. The number of rotatable bonds is 13. The van der Waals surface area contributed by atoms with Crippen molar-refractivity contribution in [2.75, 3.05) is 6.61 Å². The summed E-state index contributed by atoms with van der Waals surface area (Å²) in [5.74, 6) is 0.873. The predicted octanol–water partition coefficient (Wildman–Crippen LogP) is 6.08. The highest BCUT2D eigenvalue weighted by Crippen LogP contribution is 2.30. The van der Waals surface area contributed by atoms with Gasteiger partial charge in [0.1, 0.15) is 6.61 Å². The number of non-ortho nitro benzene ring substituents is 1. The Labute approximate surface area is 247 Å². The fourth-order valence-corrected chi connectivity index (χ4v) is 5.33. The summed E-state index contributed by atoms with van der Waals surface area (Å²) < 4.78 is 7.55. The summed E-state index contributed by atoms with van der Waals surface area (Å²) >= 11 is 1.50. The van der Waals surface area contributed by atoms with Gasteiger partial charge in [0.25, 0.3) is 5.69 Å². The molecular formula is C32H29N5O4S. The van der Waals surface area contributed by atoms with Gasteiger partial charge in [0, 0.05) is 23.6 Å². The third-order valence-electron chi connectivity index (χ3n) is 6.46. The van der Waals surface area contributed by atoms with Crippen molar-refractivity contribution in [3.8, 4) is 5.69 Å². The number of nitro benzene ring substituents is 1. The maximum Gasteiger partial charge on any atom is 0.269 e. The lowest BCUT2D eigenvalue weighted by atomic mass is 10.0. The van der Waals surface area contributed by atoms with Gasteiger partial charge >= 0.3 is 0 Å². The summed E-state index contributed by atoms with van der Waals surface area (Å²) in [6, 6.07) is 35.2. The Hall–Kier alpha value is -4.80. The highest BCUT2D eigenvalue weighted by atomic mass is 32.2. The number of carbonyl (C=O) groups is 1. The molecule has 1 aromatic heterocycles. The van der Waals surface area contributed by atoms with Crippen molar-refractivity contribution in [3.63, 3.8) is 0 Å². The van der Waals surface area contributed by atoms with E-state index in [1.165, 1.54) is 23.9 Å². The second kappa shape index (κ2) is 14.2. The molecule has 0 bridgehead atoms. The highest BCUT2D eigenvalue weighted by molar-refractivity contribution is 7.98. The number of thioether (sulfide) groups is 1. The fourth-order valence-electron chi connectivity index (χ4n) is 4.42. The van der Waals surface area contributed by atoms with Gasteiger partial charge in [0.2, 0.25) is 5.91 Å². The quantitative estimate of drug-likeness (QED) is 0.102. The Kier molecular flexibility index (Phi) is 9.71. The Bertz CT molecular complexity index is 1600. The van der Waals surface area contributed by atoms with Gasteiger partial charge in [-0.2, -0.15) is 0 Å². The van der Waals surface area contributed by atoms with E-state index >= 15 is 0 Å². The van der Waals surface area contributed by atoms with Gasteiger partial charge in [0.15, 0.2) is 11.0 Å². The van der Waals surface area contributed by atoms with Crippen LogP contribution in [0.5, 0.6) is 0 Å². The molecule has 10 heteroatoms. The average molecular weight is 580 g/mol. The van der Waals surface area contributed by atoms with Crippen molar-refractivity contribution >= 4 is 23.4 Å². The zero-order valence-electron chi connectivity index (χ0n) is 22.7. The van der Waals surface area contributed by atoms with Crippen LogP contribution in [-0.4, -0.2) is 32.2 Å². The molecule has 0 fully saturated rings. The summed E-state index contributed by atoms with van der Waals surface area (Å²) in [5, 5.41) is 24.0. The van der Waals surface area contributed by atoms with E-state index in [4.69, 9.17) is 4.74 Å². The first-order valence-corrected chi connectivity index (χ1v) is 14.4. The van der Waals surface area contributed by atoms with E-state index in [-0.39, 0.29) is 18.2 Å². The molecule has 0 aliphatic rings. The first-order valence-electron chi connectivity index (χ1n) is 13.4. The third kappa shape index (κ3) is 7.68. The number of nitro groups is 1. The molecule has 5 aromatic rings. The van der Waals surface area contributed by atoms with Crippen LogP contribution >= 0.6 is 11.8 Å². The standard InChI is InChI=1S/C32H29N5O4S/c38-30(22-41-21-25-12-6-2-7-13-25)33-29(20-24-10-4-1-5-11-24)31-34-35-32(42-23-26-14-8-3-9-15-26)36(31)27-16-18-28(19-17-27)37(39)40/h1-19,29H,20-23H2,(H,33,38). The van der Waals surface area contributed by atoms with Crippen molar-refractivity contribution < 1.29 is 14.5 Å². The first-order chi connectivity index (χ1) is 20.6. The Balaban J connectivity index is 1.44. The highest BCUT2D eigenvalue weighted by Gasteiger charge is 2.25. The number of carbonyl (C=O) groups excluding carboxylic acids is 1. The summed E-state index contributed by atoms with van der Waals surface area (Å²) in [7, 11) is 0. The molecule has 1 amide bonds. The smallest absolute Gasteiger partial charge is 0.269 e. The second-order valence-corrected chi connectivity index (χ2v) is 10.5. The average Bonchev–Trinajstić information content (AvgIpc) is 3.45. The lowest BCUT2D eigenvalue weighted by Gasteiger charge is -2.20. The third-order valence-corrected chi connectivity index (χ3v) is 7.46. The van der Waals surface area contributed by atoms with E-state index in [0.717, 1.165) is 16.7 Å². The minimum atomic E-state index is -0.547. The van der Waals surface area contributed by atoms with Crippen LogP contribution in [0.15, 0.2) is 120 Å². The first kappa shape index (κ1) is 28.7. The van der Waals surface area contributed by atoms with E-state index in [1.54, 1.807) is 12.1 Å². The van der Waals surface area contributed by atoms with Crippen LogP contribution in [0.25, 0.3) is 5.69 Å². The molecular weight excluding hydrogens is 550 g/mol. The van der Waals surface area contributed by atoms with Crippen molar-refractivity contribution in [2.24, 2.45) is 0 Å². The van der Waals surface area contributed by atoms with E-state index in [9.17, 15) is 14.9 Å². The van der Waals surface area contributed by atoms with Crippen LogP contribution in [0, 0.1) is 10.1 Å². The number of hydrogen-bond acceptors (Lipinski definition) is 7. The Morgan fingerprint density at radius 2 is 1.43 bits per heavy atom. The number of ether oxygens (including phenoxy) is 1. The van der Waals surface area contributed by atoms with Gasteiger partial charge in [-0.3, -0.25) is 19.5 Å². The number of aromatic nitrogens is 3. The van der Waals surface area contributed by atoms with Crippen LogP contribution in [0.2, 0.25) is 0 Å². The zero-order valence-corrected chi connectivity index (χ0v) is 23.5. The summed E-state index contributed by atoms with van der Waals surface area (Å²) in [4.78, 5) is 24.0. The molecule has 4 aromatic carbocycles. The summed E-state index contributed by atoms with van der Waals surface area (Å²) in [6.07, 6.45) is 0.458.